The van der Waals surface area contributed by atoms with Gasteiger partial charge in [0.05, 0.1) is 5.52 Å². The minimum Gasteiger partial charge on any atom is -0.256 e. The van der Waals surface area contributed by atoms with E-state index >= 15 is 0 Å². The van der Waals surface area contributed by atoms with E-state index in [0.29, 0.717) is 0 Å². The lowest BCUT2D eigenvalue weighted by molar-refractivity contribution is 1.41. The Morgan fingerprint density at radius 2 is 1.81 bits per heavy atom. The van der Waals surface area contributed by atoms with Gasteiger partial charge in [-0.1, -0.05) is 36.4 Å². The van der Waals surface area contributed by atoms with Crippen molar-refractivity contribution in [2.75, 3.05) is 0 Å². The van der Waals surface area contributed by atoms with E-state index in [4.69, 9.17) is 0 Å². The number of nitrogens with zero attached hydrogens (tertiary/aromatic N) is 1. The van der Waals surface area contributed by atoms with Crippen LogP contribution in [0, 0.1) is 6.07 Å². The molecule has 0 atom stereocenters. The molecule has 1 heteroatoms. The molecule has 0 saturated heterocycles. The molecule has 0 unspecified atom stereocenters. The maximum absolute atomic E-state index is 4.44. The van der Waals surface area contributed by atoms with Crippen LogP contribution in [0.1, 0.15) is 0 Å². The highest BCUT2D eigenvalue weighted by atomic mass is 14.6. The van der Waals surface area contributed by atoms with Gasteiger partial charge in [-0.25, -0.2) is 0 Å². The molecule has 1 aromatic heterocycles. The van der Waals surface area contributed by atoms with Crippen LogP contribution in [0.25, 0.3) is 22.0 Å². The number of benzene rings is 2. The van der Waals surface area contributed by atoms with Gasteiger partial charge in [0.25, 0.3) is 0 Å². The first-order valence-corrected chi connectivity index (χ1v) is 5.25. The number of fused-ring (bicyclic) bond motifs is 1. The van der Waals surface area contributed by atoms with Crippen molar-refractivity contribution in [2.24, 2.45) is 0 Å². The fourth-order valence-electron chi connectivity index (χ4n) is 1.80. The van der Waals surface area contributed by atoms with Crippen LogP contribution in [0.5, 0.6) is 0 Å². The topological polar surface area (TPSA) is 12.9 Å². The van der Waals surface area contributed by atoms with Crippen LogP contribution in [-0.2, 0) is 0 Å². The molecule has 0 saturated carbocycles. The highest BCUT2D eigenvalue weighted by molar-refractivity contribution is 5.83. The van der Waals surface area contributed by atoms with Gasteiger partial charge in [-0.15, -0.1) is 0 Å². The highest BCUT2D eigenvalue weighted by Gasteiger charge is 1.99. The maximum Gasteiger partial charge on any atom is 0.0702 e. The molecule has 0 bridgehead atoms. The van der Waals surface area contributed by atoms with Gasteiger partial charge in [0, 0.05) is 17.1 Å². The lowest BCUT2D eigenvalue weighted by atomic mass is 10.1. The molecule has 3 rings (SSSR count). The Morgan fingerprint density at radius 3 is 2.69 bits per heavy atom. The summed E-state index contributed by atoms with van der Waals surface area (Å²) in [4.78, 5) is 4.44. The molecule has 16 heavy (non-hydrogen) atoms. The summed E-state index contributed by atoms with van der Waals surface area (Å²) in [5.41, 5.74) is 3.35. The minimum absolute atomic E-state index is 1.01. The normalized spacial score (nSPS) is 10.5. The lowest BCUT2D eigenvalue weighted by Crippen LogP contribution is -1.82. The van der Waals surface area contributed by atoms with Crippen LogP contribution >= 0.6 is 0 Å². The molecule has 0 fully saturated rings. The second-order valence-electron chi connectivity index (χ2n) is 3.71. The Morgan fingerprint density at radius 1 is 0.938 bits per heavy atom. The van der Waals surface area contributed by atoms with Crippen LogP contribution in [0.3, 0.4) is 0 Å². The fourth-order valence-corrected chi connectivity index (χ4v) is 1.80. The molecule has 0 amide bonds. The van der Waals surface area contributed by atoms with E-state index in [1.54, 1.807) is 0 Å². The summed E-state index contributed by atoms with van der Waals surface area (Å²) in [7, 11) is 0. The molecular weight excluding hydrogens is 194 g/mol. The summed E-state index contributed by atoms with van der Waals surface area (Å²) in [6, 6.07) is 21.3. The number of pyridine rings is 1. The van der Waals surface area contributed by atoms with Gasteiger partial charge < -0.3 is 0 Å². The van der Waals surface area contributed by atoms with E-state index in [1.165, 1.54) is 5.56 Å². The first-order valence-electron chi connectivity index (χ1n) is 5.25. The van der Waals surface area contributed by atoms with E-state index in [1.807, 2.05) is 42.6 Å². The van der Waals surface area contributed by atoms with E-state index in [0.717, 1.165) is 16.5 Å². The van der Waals surface area contributed by atoms with Crippen LogP contribution in [0.2, 0.25) is 0 Å². The first kappa shape index (κ1) is 9.10. The Bertz CT molecular complexity index is 614. The number of hydrogen-bond acceptors (Lipinski definition) is 1. The largest absolute Gasteiger partial charge is 0.256 e. The Labute approximate surface area is 94.4 Å². The fraction of sp³-hybridized carbons (Fsp3) is 0. The van der Waals surface area contributed by atoms with Crippen molar-refractivity contribution < 1.29 is 0 Å². The summed E-state index contributed by atoms with van der Waals surface area (Å²) in [5.74, 6) is 0. The van der Waals surface area contributed by atoms with Gasteiger partial charge in [0.15, 0.2) is 0 Å². The molecular formula is C15H10N. The minimum atomic E-state index is 1.01. The zero-order valence-electron chi connectivity index (χ0n) is 8.72. The third-order valence-electron chi connectivity index (χ3n) is 2.63. The van der Waals surface area contributed by atoms with Crippen LogP contribution in [-0.4, -0.2) is 4.98 Å². The van der Waals surface area contributed by atoms with Gasteiger partial charge in [-0.05, 0) is 29.8 Å². The third kappa shape index (κ3) is 1.57. The van der Waals surface area contributed by atoms with Crippen molar-refractivity contribution in [1.29, 1.82) is 0 Å². The molecule has 1 nitrogen and oxygen atoms in total. The summed E-state index contributed by atoms with van der Waals surface area (Å²) in [6.07, 6.45) is 1.91. The molecule has 0 spiro atoms. The second-order valence-corrected chi connectivity index (χ2v) is 3.71. The third-order valence-corrected chi connectivity index (χ3v) is 2.63. The predicted molar refractivity (Wildman–Crippen MR) is 66.0 cm³/mol. The molecule has 0 N–H and O–H groups in total. The zero-order valence-corrected chi connectivity index (χ0v) is 8.72. The molecule has 0 aliphatic carbocycles. The molecule has 3 aromatic rings. The van der Waals surface area contributed by atoms with E-state index < -0.39 is 0 Å². The van der Waals surface area contributed by atoms with Gasteiger partial charge in [-0.3, -0.25) is 4.98 Å². The van der Waals surface area contributed by atoms with Crippen LogP contribution in [0.4, 0.5) is 0 Å². The Kier molecular flexibility index (Phi) is 2.15. The van der Waals surface area contributed by atoms with Crippen LogP contribution < -0.4 is 0 Å². The number of rotatable bonds is 1. The second kappa shape index (κ2) is 3.78. The van der Waals surface area contributed by atoms with Gasteiger partial charge >= 0.3 is 0 Å². The summed E-state index contributed by atoms with van der Waals surface area (Å²) >= 11 is 0. The van der Waals surface area contributed by atoms with Gasteiger partial charge in [0.2, 0.25) is 0 Å². The van der Waals surface area contributed by atoms with E-state index in [2.05, 4.69) is 29.2 Å². The molecule has 75 valence electrons. The van der Waals surface area contributed by atoms with E-state index in [9.17, 15) is 0 Å². The summed E-state index contributed by atoms with van der Waals surface area (Å²) in [6.45, 7) is 0. The van der Waals surface area contributed by atoms with Gasteiger partial charge in [0.1, 0.15) is 0 Å². The van der Waals surface area contributed by atoms with Crippen LogP contribution in [0.15, 0.2) is 60.8 Å². The standard InChI is InChI=1S/C15H10N/c1-2-6-12(7-3-1)14-10-13-8-4-5-9-15(13)16-11-14/h1-3,5-11H. The summed E-state index contributed by atoms with van der Waals surface area (Å²) in [5, 5.41) is 1.13. The average Bonchev–Trinajstić information content (AvgIpc) is 2.39. The SMILES string of the molecule is [c]1ccc2ncc(-c3ccccc3)cc2c1. The van der Waals surface area contributed by atoms with Crippen molar-refractivity contribution in [3.63, 3.8) is 0 Å². The van der Waals surface area contributed by atoms with Gasteiger partial charge in [-0.2, -0.15) is 0 Å². The van der Waals surface area contributed by atoms with Crippen molar-refractivity contribution in [1.82, 2.24) is 4.98 Å². The molecule has 0 aliphatic rings. The molecule has 1 heterocycles. The van der Waals surface area contributed by atoms with E-state index in [-0.39, 0.29) is 0 Å². The Hall–Kier alpha value is -2.15. The maximum atomic E-state index is 4.44. The lowest BCUT2D eigenvalue weighted by Gasteiger charge is -2.02. The number of hydrogen-bond donors (Lipinski definition) is 0. The molecule has 1 radical (unpaired) electrons. The average molecular weight is 204 g/mol. The summed E-state index contributed by atoms with van der Waals surface area (Å²) < 4.78 is 0. The molecule has 0 aliphatic heterocycles. The van der Waals surface area contributed by atoms with Crippen molar-refractivity contribution in [3.05, 3.63) is 66.9 Å². The predicted octanol–water partition coefficient (Wildman–Crippen LogP) is 3.70. The highest BCUT2D eigenvalue weighted by Crippen LogP contribution is 2.21. The Balaban J connectivity index is 2.19. The smallest absolute Gasteiger partial charge is 0.0702 e. The quantitative estimate of drug-likeness (QED) is 0.589. The number of aromatic nitrogens is 1. The van der Waals surface area contributed by atoms with Crippen molar-refractivity contribution in [2.45, 2.75) is 0 Å². The van der Waals surface area contributed by atoms with Crippen molar-refractivity contribution >= 4 is 10.9 Å². The molecule has 2 aromatic carbocycles. The first-order chi connectivity index (χ1) is 7.93. The monoisotopic (exact) mass is 204 g/mol. The van der Waals surface area contributed by atoms with Crippen molar-refractivity contribution in [3.8, 4) is 11.1 Å². The zero-order chi connectivity index (χ0) is 10.8.